The van der Waals surface area contributed by atoms with Crippen LogP contribution in [0.1, 0.15) is 23.7 Å². The maximum absolute atomic E-state index is 12.6. The largest absolute Gasteiger partial charge is 0.462 e. The molecule has 0 aliphatic carbocycles. The SMILES string of the molecule is CCCOC(=O)c1ccc(S(=O)(=O)Nc2c(Cl)ccc3nonc23)cc1. The van der Waals surface area contributed by atoms with Gasteiger partial charge in [0, 0.05) is 0 Å². The molecule has 0 aliphatic heterocycles. The van der Waals surface area contributed by atoms with Crippen LogP contribution in [0.25, 0.3) is 11.0 Å². The molecule has 0 spiro atoms. The van der Waals surface area contributed by atoms with Gasteiger partial charge >= 0.3 is 5.97 Å². The van der Waals surface area contributed by atoms with Crippen LogP contribution in [0.3, 0.4) is 0 Å². The van der Waals surface area contributed by atoms with Crippen LogP contribution in [-0.4, -0.2) is 31.3 Å². The van der Waals surface area contributed by atoms with Crippen molar-refractivity contribution >= 4 is 44.3 Å². The summed E-state index contributed by atoms with van der Waals surface area (Å²) in [5.41, 5.74) is 0.886. The first-order chi connectivity index (χ1) is 12.4. The summed E-state index contributed by atoms with van der Waals surface area (Å²) in [6.45, 7) is 2.18. The van der Waals surface area contributed by atoms with E-state index in [1.165, 1.54) is 30.3 Å². The van der Waals surface area contributed by atoms with Gasteiger partial charge in [-0.15, -0.1) is 0 Å². The second-order valence-electron chi connectivity index (χ2n) is 5.32. The number of carbonyl (C=O) groups is 1. The van der Waals surface area contributed by atoms with E-state index in [-0.39, 0.29) is 26.7 Å². The predicted octanol–water partition coefficient (Wildman–Crippen LogP) is 3.24. The standard InChI is InChI=1S/C16H14ClN3O5S/c1-2-9-24-16(21)10-3-5-11(6-4-10)26(22,23)20-14-12(17)7-8-13-15(14)19-25-18-13/h3-8,20H,2,9H2,1H3. The number of nitrogens with one attached hydrogen (secondary N) is 1. The molecule has 0 fully saturated rings. The number of ether oxygens (including phenoxy) is 1. The highest BCUT2D eigenvalue weighted by molar-refractivity contribution is 7.92. The monoisotopic (exact) mass is 395 g/mol. The van der Waals surface area contributed by atoms with Crippen molar-refractivity contribution in [2.24, 2.45) is 0 Å². The second-order valence-corrected chi connectivity index (χ2v) is 7.41. The van der Waals surface area contributed by atoms with Gasteiger partial charge in [0.1, 0.15) is 5.52 Å². The van der Waals surface area contributed by atoms with Crippen LogP contribution in [0.5, 0.6) is 0 Å². The number of anilines is 1. The number of nitrogens with zero attached hydrogens (tertiary/aromatic N) is 2. The Hall–Kier alpha value is -2.65. The molecule has 3 rings (SSSR count). The molecule has 26 heavy (non-hydrogen) atoms. The van der Waals surface area contributed by atoms with E-state index >= 15 is 0 Å². The van der Waals surface area contributed by atoms with E-state index in [0.717, 1.165) is 0 Å². The third-order valence-electron chi connectivity index (χ3n) is 3.45. The summed E-state index contributed by atoms with van der Waals surface area (Å²) in [4.78, 5) is 11.7. The summed E-state index contributed by atoms with van der Waals surface area (Å²) < 4.78 is 37.2. The number of aromatic nitrogens is 2. The number of hydrogen-bond acceptors (Lipinski definition) is 7. The molecule has 2 aromatic carbocycles. The molecule has 0 saturated heterocycles. The summed E-state index contributed by atoms with van der Waals surface area (Å²) in [7, 11) is -3.96. The summed E-state index contributed by atoms with van der Waals surface area (Å²) in [6.07, 6.45) is 0.700. The Kier molecular flexibility index (Phi) is 5.10. The molecule has 3 aromatic rings. The summed E-state index contributed by atoms with van der Waals surface area (Å²) in [5.74, 6) is -0.509. The Bertz CT molecular complexity index is 1050. The van der Waals surface area contributed by atoms with E-state index in [4.69, 9.17) is 16.3 Å². The van der Waals surface area contributed by atoms with Crippen molar-refractivity contribution in [3.05, 3.63) is 47.0 Å². The molecule has 1 aromatic heterocycles. The Morgan fingerprint density at radius 3 is 2.62 bits per heavy atom. The molecule has 8 nitrogen and oxygen atoms in total. The fourth-order valence-electron chi connectivity index (χ4n) is 2.17. The molecule has 0 atom stereocenters. The Morgan fingerprint density at radius 2 is 1.92 bits per heavy atom. The van der Waals surface area contributed by atoms with Gasteiger partial charge in [-0.2, -0.15) is 0 Å². The maximum atomic E-state index is 12.6. The minimum Gasteiger partial charge on any atom is -0.462 e. The minimum atomic E-state index is -3.96. The number of carbonyl (C=O) groups excluding carboxylic acids is 1. The van der Waals surface area contributed by atoms with Gasteiger partial charge in [-0.05, 0) is 53.1 Å². The summed E-state index contributed by atoms with van der Waals surface area (Å²) in [5, 5.41) is 7.46. The topological polar surface area (TPSA) is 111 Å². The molecule has 0 bridgehead atoms. The van der Waals surface area contributed by atoms with Crippen molar-refractivity contribution in [3.8, 4) is 0 Å². The average molecular weight is 396 g/mol. The van der Waals surface area contributed by atoms with E-state index in [2.05, 4.69) is 19.7 Å². The van der Waals surface area contributed by atoms with Crippen LogP contribution in [0.15, 0.2) is 45.9 Å². The fourth-order valence-corrected chi connectivity index (χ4v) is 3.51. The quantitative estimate of drug-likeness (QED) is 0.637. The van der Waals surface area contributed by atoms with E-state index in [1.807, 2.05) is 6.92 Å². The number of esters is 1. The Balaban J connectivity index is 1.87. The molecule has 0 radical (unpaired) electrons. The summed E-state index contributed by atoms with van der Waals surface area (Å²) >= 11 is 6.07. The van der Waals surface area contributed by atoms with Crippen molar-refractivity contribution < 1.29 is 22.6 Å². The van der Waals surface area contributed by atoms with Gasteiger partial charge in [0.05, 0.1) is 27.8 Å². The van der Waals surface area contributed by atoms with Gasteiger partial charge < -0.3 is 4.74 Å². The maximum Gasteiger partial charge on any atom is 0.338 e. The van der Waals surface area contributed by atoms with Gasteiger partial charge in [-0.1, -0.05) is 18.5 Å². The first kappa shape index (κ1) is 18.2. The van der Waals surface area contributed by atoms with Crippen molar-refractivity contribution in [2.45, 2.75) is 18.2 Å². The van der Waals surface area contributed by atoms with Crippen molar-refractivity contribution in [2.75, 3.05) is 11.3 Å². The van der Waals surface area contributed by atoms with Crippen LogP contribution in [0, 0.1) is 0 Å². The molecule has 136 valence electrons. The van der Waals surface area contributed by atoms with E-state index in [1.54, 1.807) is 6.07 Å². The third-order valence-corrected chi connectivity index (χ3v) is 5.13. The lowest BCUT2D eigenvalue weighted by Gasteiger charge is -2.10. The molecule has 0 saturated carbocycles. The van der Waals surface area contributed by atoms with Crippen LogP contribution in [0.2, 0.25) is 5.02 Å². The first-order valence-corrected chi connectivity index (χ1v) is 9.49. The highest BCUT2D eigenvalue weighted by atomic mass is 35.5. The number of fused-ring (bicyclic) bond motifs is 1. The first-order valence-electron chi connectivity index (χ1n) is 7.63. The zero-order valence-electron chi connectivity index (χ0n) is 13.6. The Labute approximate surface area is 154 Å². The van der Waals surface area contributed by atoms with Gasteiger partial charge in [-0.25, -0.2) is 17.8 Å². The number of benzene rings is 2. The smallest absolute Gasteiger partial charge is 0.338 e. The third kappa shape index (κ3) is 3.63. The normalized spacial score (nSPS) is 11.5. The van der Waals surface area contributed by atoms with Gasteiger partial charge in [0.2, 0.25) is 0 Å². The molecular formula is C16H14ClN3O5S. The van der Waals surface area contributed by atoms with Crippen LogP contribution in [-0.2, 0) is 14.8 Å². The van der Waals surface area contributed by atoms with Crippen LogP contribution >= 0.6 is 11.6 Å². The number of halogens is 1. The van der Waals surface area contributed by atoms with Crippen LogP contribution < -0.4 is 4.72 Å². The molecule has 0 aliphatic rings. The Morgan fingerprint density at radius 1 is 1.19 bits per heavy atom. The average Bonchev–Trinajstić information content (AvgIpc) is 3.11. The second kappa shape index (κ2) is 7.30. The zero-order valence-corrected chi connectivity index (χ0v) is 15.2. The van der Waals surface area contributed by atoms with Crippen LogP contribution in [0.4, 0.5) is 5.69 Å². The predicted molar refractivity (Wildman–Crippen MR) is 94.6 cm³/mol. The molecular weight excluding hydrogens is 382 g/mol. The highest BCUT2D eigenvalue weighted by Crippen LogP contribution is 2.31. The van der Waals surface area contributed by atoms with E-state index < -0.39 is 16.0 Å². The van der Waals surface area contributed by atoms with Gasteiger partial charge in [0.15, 0.2) is 5.52 Å². The highest BCUT2D eigenvalue weighted by Gasteiger charge is 2.20. The number of hydrogen-bond donors (Lipinski definition) is 1. The number of rotatable bonds is 6. The van der Waals surface area contributed by atoms with Gasteiger partial charge in [-0.3, -0.25) is 4.72 Å². The zero-order chi connectivity index (χ0) is 18.7. The lowest BCUT2D eigenvalue weighted by Crippen LogP contribution is -2.14. The molecule has 10 heteroatoms. The molecule has 0 amide bonds. The molecule has 1 heterocycles. The van der Waals surface area contributed by atoms with Gasteiger partial charge in [0.25, 0.3) is 10.0 Å². The lowest BCUT2D eigenvalue weighted by molar-refractivity contribution is 0.0505. The van der Waals surface area contributed by atoms with Crippen molar-refractivity contribution in [3.63, 3.8) is 0 Å². The minimum absolute atomic E-state index is 0.0472. The lowest BCUT2D eigenvalue weighted by atomic mass is 10.2. The van der Waals surface area contributed by atoms with E-state index in [0.29, 0.717) is 18.5 Å². The fraction of sp³-hybridized carbons (Fsp3) is 0.188. The van der Waals surface area contributed by atoms with Crippen molar-refractivity contribution in [1.82, 2.24) is 10.3 Å². The molecule has 1 N–H and O–H groups in total. The molecule has 0 unspecified atom stereocenters. The summed E-state index contributed by atoms with van der Waals surface area (Å²) in [6, 6.07) is 8.42. The van der Waals surface area contributed by atoms with E-state index in [9.17, 15) is 13.2 Å². The van der Waals surface area contributed by atoms with Crippen molar-refractivity contribution in [1.29, 1.82) is 0 Å². The number of sulfonamides is 1.